The molecule has 0 bridgehead atoms. The van der Waals surface area contributed by atoms with Crippen LogP contribution < -0.4 is 0 Å². The third kappa shape index (κ3) is 14.3. The molecule has 0 aromatic rings. The summed E-state index contributed by atoms with van der Waals surface area (Å²) < 4.78 is 41.6. The topological polar surface area (TPSA) is 114 Å². The Balaban J connectivity index is 6.25. The molecular formula is C26H49O9P. The minimum Gasteiger partial charge on any atom is -0.466 e. The molecule has 0 heterocycles. The van der Waals surface area contributed by atoms with Gasteiger partial charge in [0.2, 0.25) is 0 Å². The Kier molecular flexibility index (Phi) is 20.8. The van der Waals surface area contributed by atoms with Crippen LogP contribution in [0.3, 0.4) is 0 Å². The largest absolute Gasteiger partial charge is 0.466 e. The molecular weight excluding hydrogens is 487 g/mol. The predicted molar refractivity (Wildman–Crippen MR) is 139 cm³/mol. The standard InChI is InChI=1S/C26H49O9P/c1-6-11-16-31-23(27)21-22(25(28)32-17-12-7-2)24(26(29)33-18-13-8-3)36(30,34-19-14-9-4)35-20-15-10-5/h22,24H,6-21H2,1-5H3/t22-,24+/m1/s1. The summed E-state index contributed by atoms with van der Waals surface area (Å²) >= 11 is 0. The molecule has 0 amide bonds. The van der Waals surface area contributed by atoms with E-state index in [1.807, 2.05) is 34.6 Å². The highest BCUT2D eigenvalue weighted by Crippen LogP contribution is 2.57. The van der Waals surface area contributed by atoms with Crippen LogP contribution in [0.1, 0.15) is 105 Å². The number of ether oxygens (including phenoxy) is 3. The molecule has 0 aliphatic rings. The van der Waals surface area contributed by atoms with Gasteiger partial charge in [0.15, 0.2) is 5.66 Å². The number of carbonyl (C=O) groups excluding carboxylic acids is 3. The Morgan fingerprint density at radius 1 is 0.583 bits per heavy atom. The van der Waals surface area contributed by atoms with Gasteiger partial charge in [0.25, 0.3) is 0 Å². The van der Waals surface area contributed by atoms with E-state index in [-0.39, 0.29) is 33.0 Å². The molecule has 0 radical (unpaired) electrons. The smallest absolute Gasteiger partial charge is 0.345 e. The van der Waals surface area contributed by atoms with Crippen LogP contribution in [-0.2, 0) is 42.2 Å². The summed E-state index contributed by atoms with van der Waals surface area (Å²) in [6, 6.07) is 0. The van der Waals surface area contributed by atoms with E-state index in [4.69, 9.17) is 23.3 Å². The van der Waals surface area contributed by atoms with E-state index < -0.39 is 43.5 Å². The molecule has 9 nitrogen and oxygen atoms in total. The maximum atomic E-state index is 14.1. The molecule has 0 spiro atoms. The average Bonchev–Trinajstić information content (AvgIpc) is 2.84. The molecule has 0 N–H and O–H groups in total. The number of rotatable bonds is 23. The van der Waals surface area contributed by atoms with Crippen LogP contribution in [0.15, 0.2) is 0 Å². The lowest BCUT2D eigenvalue weighted by atomic mass is 10.0. The van der Waals surface area contributed by atoms with Gasteiger partial charge in [-0.3, -0.25) is 18.9 Å². The number of carbonyl (C=O) groups is 3. The van der Waals surface area contributed by atoms with Gasteiger partial charge in [-0.2, -0.15) is 0 Å². The molecule has 10 heteroatoms. The van der Waals surface area contributed by atoms with Crippen LogP contribution >= 0.6 is 7.60 Å². The van der Waals surface area contributed by atoms with Crippen LogP contribution in [0.4, 0.5) is 0 Å². The first-order valence-corrected chi connectivity index (χ1v) is 15.3. The van der Waals surface area contributed by atoms with Gasteiger partial charge < -0.3 is 23.3 Å². The highest BCUT2D eigenvalue weighted by atomic mass is 31.2. The van der Waals surface area contributed by atoms with E-state index >= 15 is 0 Å². The van der Waals surface area contributed by atoms with Crippen molar-refractivity contribution in [2.45, 2.75) is 111 Å². The van der Waals surface area contributed by atoms with Crippen molar-refractivity contribution in [3.63, 3.8) is 0 Å². The fraction of sp³-hybridized carbons (Fsp3) is 0.885. The Labute approximate surface area is 217 Å². The molecule has 0 aliphatic heterocycles. The van der Waals surface area contributed by atoms with Crippen LogP contribution in [0.2, 0.25) is 0 Å². The quantitative estimate of drug-likeness (QED) is 0.0650. The SMILES string of the molecule is CCCCOC(=O)C[C@@H](C(=O)OCCCC)[C@@H](C(=O)OCCCC)P(=O)(OCCCC)OCCCC. The number of hydrogen-bond acceptors (Lipinski definition) is 9. The molecule has 212 valence electrons. The van der Waals surface area contributed by atoms with Crippen molar-refractivity contribution in [3.05, 3.63) is 0 Å². The second kappa shape index (κ2) is 21.6. The van der Waals surface area contributed by atoms with Gasteiger partial charge in [-0.1, -0.05) is 66.7 Å². The summed E-state index contributed by atoms with van der Waals surface area (Å²) in [5, 5.41) is 0. The Hall–Kier alpha value is -1.44. The van der Waals surface area contributed by atoms with Gasteiger partial charge in [0.1, 0.15) is 0 Å². The number of hydrogen-bond donors (Lipinski definition) is 0. The van der Waals surface area contributed by atoms with Crippen molar-refractivity contribution in [1.82, 2.24) is 0 Å². The highest BCUT2D eigenvalue weighted by Gasteiger charge is 2.52. The minimum atomic E-state index is -4.21. The van der Waals surface area contributed by atoms with Gasteiger partial charge in [-0.25, -0.2) is 0 Å². The number of esters is 3. The molecule has 0 rings (SSSR count). The second-order valence-corrected chi connectivity index (χ2v) is 10.9. The molecule has 0 aromatic heterocycles. The van der Waals surface area contributed by atoms with Gasteiger partial charge in [-0.05, 0) is 32.1 Å². The van der Waals surface area contributed by atoms with Crippen molar-refractivity contribution >= 4 is 25.5 Å². The van der Waals surface area contributed by atoms with Gasteiger partial charge in [-0.15, -0.1) is 0 Å². The fourth-order valence-electron chi connectivity index (χ4n) is 3.10. The van der Waals surface area contributed by atoms with E-state index in [1.54, 1.807) is 0 Å². The first-order valence-electron chi connectivity index (χ1n) is 13.7. The maximum absolute atomic E-state index is 14.1. The summed E-state index contributed by atoms with van der Waals surface area (Å²) in [6.07, 6.45) is 6.50. The zero-order valence-corrected chi connectivity index (χ0v) is 24.0. The predicted octanol–water partition coefficient (Wildman–Crippen LogP) is 6.22. The Morgan fingerprint density at radius 3 is 1.42 bits per heavy atom. The van der Waals surface area contributed by atoms with Crippen LogP contribution in [-0.4, -0.2) is 56.6 Å². The molecule has 36 heavy (non-hydrogen) atoms. The van der Waals surface area contributed by atoms with E-state index in [1.165, 1.54) is 0 Å². The van der Waals surface area contributed by atoms with Crippen molar-refractivity contribution < 1.29 is 42.2 Å². The van der Waals surface area contributed by atoms with Crippen molar-refractivity contribution in [2.75, 3.05) is 33.0 Å². The number of unbranched alkanes of at least 4 members (excludes halogenated alkanes) is 5. The zero-order valence-electron chi connectivity index (χ0n) is 23.1. The molecule has 0 aliphatic carbocycles. The van der Waals surface area contributed by atoms with Crippen molar-refractivity contribution in [3.8, 4) is 0 Å². The lowest BCUT2D eigenvalue weighted by Crippen LogP contribution is -2.40. The monoisotopic (exact) mass is 536 g/mol. The summed E-state index contributed by atoms with van der Waals surface area (Å²) in [5.41, 5.74) is -1.63. The van der Waals surface area contributed by atoms with E-state index in [9.17, 15) is 18.9 Å². The second-order valence-electron chi connectivity index (χ2n) is 8.78. The molecule has 0 unspecified atom stereocenters. The lowest BCUT2D eigenvalue weighted by molar-refractivity contribution is -0.159. The first kappa shape index (κ1) is 34.6. The Morgan fingerprint density at radius 2 is 0.972 bits per heavy atom. The van der Waals surface area contributed by atoms with Crippen LogP contribution in [0.25, 0.3) is 0 Å². The average molecular weight is 537 g/mol. The van der Waals surface area contributed by atoms with Crippen molar-refractivity contribution in [1.29, 1.82) is 0 Å². The van der Waals surface area contributed by atoms with E-state index in [2.05, 4.69) is 0 Å². The first-order chi connectivity index (χ1) is 17.3. The summed E-state index contributed by atoms with van der Waals surface area (Å²) in [4.78, 5) is 39.2. The third-order valence-electron chi connectivity index (χ3n) is 5.44. The molecule has 0 fully saturated rings. The molecule has 0 saturated carbocycles. The Bertz CT molecular complexity index is 639. The molecule has 0 aromatic carbocycles. The van der Waals surface area contributed by atoms with Gasteiger partial charge in [0.05, 0.1) is 45.4 Å². The molecule has 2 atom stereocenters. The van der Waals surface area contributed by atoms with Gasteiger partial charge in [0, 0.05) is 0 Å². The normalized spacial score (nSPS) is 13.1. The van der Waals surface area contributed by atoms with Crippen molar-refractivity contribution in [2.24, 2.45) is 5.92 Å². The van der Waals surface area contributed by atoms with E-state index in [0.717, 1.165) is 32.1 Å². The van der Waals surface area contributed by atoms with Gasteiger partial charge >= 0.3 is 25.5 Å². The maximum Gasteiger partial charge on any atom is 0.345 e. The summed E-state index contributed by atoms with van der Waals surface area (Å²) in [6.45, 7) is 10.3. The molecule has 0 saturated heterocycles. The van der Waals surface area contributed by atoms with Crippen LogP contribution in [0.5, 0.6) is 0 Å². The fourth-order valence-corrected chi connectivity index (χ4v) is 5.27. The van der Waals surface area contributed by atoms with E-state index in [0.29, 0.717) is 32.1 Å². The third-order valence-corrected chi connectivity index (χ3v) is 7.77. The summed E-state index contributed by atoms with van der Waals surface area (Å²) in [5.74, 6) is -3.80. The summed E-state index contributed by atoms with van der Waals surface area (Å²) in [7, 11) is -4.21. The van der Waals surface area contributed by atoms with Crippen LogP contribution in [0, 0.1) is 5.92 Å². The zero-order chi connectivity index (χ0) is 27.2. The highest BCUT2D eigenvalue weighted by molar-refractivity contribution is 7.55. The lowest BCUT2D eigenvalue weighted by Gasteiger charge is -2.30. The minimum absolute atomic E-state index is 0.0805.